The molecule has 0 radical (unpaired) electrons. The number of ketones is 1. The van der Waals surface area contributed by atoms with Crippen LogP contribution >= 0.6 is 23.2 Å². The number of rotatable bonds is 13. The number of carbonyl (C=O) groups is 5. The zero-order valence-corrected chi connectivity index (χ0v) is 26.4. The lowest BCUT2D eigenvalue weighted by molar-refractivity contribution is -0.144. The molecule has 0 aromatic heterocycles. The number of Topliss-reactive ketones (excluding diaryl/α,β-unsaturated/α-hetero) is 1. The van der Waals surface area contributed by atoms with Crippen LogP contribution in [0.2, 0.25) is 0 Å². The quantitative estimate of drug-likeness (QED) is 0.108. The molecule has 0 aromatic carbocycles. The molecule has 234 valence electrons. The number of amides is 5. The Labute approximate surface area is 258 Å². The summed E-state index contributed by atoms with van der Waals surface area (Å²) in [5.74, 6) is -3.56. The van der Waals surface area contributed by atoms with Crippen molar-refractivity contribution >= 4 is 52.7 Å². The van der Waals surface area contributed by atoms with Crippen LogP contribution < -0.4 is 21.3 Å². The molecular weight excluding hydrogens is 581 g/mol. The van der Waals surface area contributed by atoms with Gasteiger partial charge < -0.3 is 26.2 Å². The monoisotopic (exact) mass is 625 g/mol. The van der Waals surface area contributed by atoms with Crippen LogP contribution in [0.25, 0.3) is 0 Å². The Balaban J connectivity index is 1.83. The summed E-state index contributed by atoms with van der Waals surface area (Å²) < 4.78 is -1.20. The van der Waals surface area contributed by atoms with Crippen LogP contribution in [0.4, 0.5) is 4.79 Å². The Hall–Kier alpha value is -2.59. The maximum Gasteiger partial charge on any atom is 0.315 e. The van der Waals surface area contributed by atoms with Gasteiger partial charge in [0.2, 0.25) is 17.6 Å². The number of nitrogens with zero attached hydrogens (tertiary/aromatic N) is 1. The normalized spacial score (nSPS) is 24.4. The summed E-state index contributed by atoms with van der Waals surface area (Å²) >= 11 is 13.0. The lowest BCUT2D eigenvalue weighted by Crippen LogP contribution is -2.61. The van der Waals surface area contributed by atoms with Gasteiger partial charge in [-0.2, -0.15) is 0 Å². The number of hydrogen-bond acceptors (Lipinski definition) is 5. The fourth-order valence-corrected chi connectivity index (χ4v) is 6.85. The highest BCUT2D eigenvalue weighted by Crippen LogP contribution is 2.65. The summed E-state index contributed by atoms with van der Waals surface area (Å²) in [7, 11) is 0. The van der Waals surface area contributed by atoms with Crippen molar-refractivity contribution in [3.05, 3.63) is 25.3 Å². The molecule has 12 heteroatoms. The Morgan fingerprint density at radius 1 is 1.00 bits per heavy atom. The highest BCUT2D eigenvalue weighted by Gasteiger charge is 2.74. The van der Waals surface area contributed by atoms with Crippen LogP contribution in [0.15, 0.2) is 25.3 Å². The van der Waals surface area contributed by atoms with Gasteiger partial charge in [-0.15, -0.1) is 36.4 Å². The number of carbonyl (C=O) groups excluding carboxylic acids is 5. The molecule has 4 N–H and O–H groups in total. The van der Waals surface area contributed by atoms with Gasteiger partial charge in [0, 0.05) is 30.5 Å². The molecule has 5 amide bonds. The Bertz CT molecular complexity index is 1070. The van der Waals surface area contributed by atoms with Gasteiger partial charge in [0.1, 0.15) is 16.4 Å². The number of allylic oxidation sites excluding steroid dienone is 1. The first-order chi connectivity index (χ1) is 19.7. The molecule has 2 aliphatic carbocycles. The first kappa shape index (κ1) is 33.9. The molecule has 0 aromatic rings. The second kappa shape index (κ2) is 14.3. The molecule has 3 rings (SSSR count). The summed E-state index contributed by atoms with van der Waals surface area (Å²) in [5.41, 5.74) is -0.510. The van der Waals surface area contributed by atoms with E-state index in [1.165, 1.54) is 4.90 Å². The number of nitrogens with one attached hydrogen (secondary N) is 4. The van der Waals surface area contributed by atoms with E-state index in [-0.39, 0.29) is 37.3 Å². The van der Waals surface area contributed by atoms with E-state index >= 15 is 0 Å². The van der Waals surface area contributed by atoms with Crippen molar-refractivity contribution in [1.82, 2.24) is 26.2 Å². The van der Waals surface area contributed by atoms with Gasteiger partial charge in [0.05, 0.1) is 6.04 Å². The lowest BCUT2D eigenvalue weighted by atomic mass is 9.83. The maximum atomic E-state index is 14.1. The highest BCUT2D eigenvalue weighted by molar-refractivity contribution is 6.51. The van der Waals surface area contributed by atoms with E-state index in [0.29, 0.717) is 12.8 Å². The van der Waals surface area contributed by atoms with Crippen molar-refractivity contribution in [2.75, 3.05) is 13.1 Å². The summed E-state index contributed by atoms with van der Waals surface area (Å²) in [5, 5.41) is 11.0. The van der Waals surface area contributed by atoms with Gasteiger partial charge in [-0.1, -0.05) is 31.4 Å². The van der Waals surface area contributed by atoms with Gasteiger partial charge in [-0.25, -0.2) is 4.79 Å². The lowest BCUT2D eigenvalue weighted by Gasteiger charge is -2.37. The minimum atomic E-state index is -1.20. The van der Waals surface area contributed by atoms with E-state index in [1.807, 2.05) is 20.8 Å². The summed E-state index contributed by atoms with van der Waals surface area (Å²) in [6, 6.07) is -3.48. The topological polar surface area (TPSA) is 137 Å². The third kappa shape index (κ3) is 8.28. The van der Waals surface area contributed by atoms with E-state index < -0.39 is 57.5 Å². The number of fused-ring (bicyclic) bond motifs is 1. The fourth-order valence-electron chi connectivity index (χ4n) is 6.02. The zero-order chi connectivity index (χ0) is 31.2. The number of piperidine rings is 1. The minimum absolute atomic E-state index is 0.0875. The van der Waals surface area contributed by atoms with Gasteiger partial charge in [-0.05, 0) is 58.8 Å². The van der Waals surface area contributed by atoms with Crippen molar-refractivity contribution in [3.8, 4) is 0 Å². The third-order valence-corrected chi connectivity index (χ3v) is 9.26. The smallest absolute Gasteiger partial charge is 0.315 e. The Morgan fingerprint density at radius 2 is 1.64 bits per heavy atom. The highest BCUT2D eigenvalue weighted by atomic mass is 35.5. The molecule has 1 heterocycles. The molecule has 5 atom stereocenters. The molecule has 1 aliphatic heterocycles. The minimum Gasteiger partial charge on any atom is -0.349 e. The van der Waals surface area contributed by atoms with Gasteiger partial charge in [0.25, 0.3) is 5.91 Å². The maximum absolute atomic E-state index is 14.1. The van der Waals surface area contributed by atoms with E-state index in [2.05, 4.69) is 34.4 Å². The molecule has 0 unspecified atom stereocenters. The van der Waals surface area contributed by atoms with Crippen molar-refractivity contribution < 1.29 is 24.0 Å². The van der Waals surface area contributed by atoms with Crippen molar-refractivity contribution in [3.63, 3.8) is 0 Å². The molecule has 2 saturated carbocycles. The molecular formula is C30H45Cl2N5O5. The van der Waals surface area contributed by atoms with Crippen LogP contribution in [-0.2, 0) is 19.2 Å². The number of urea groups is 1. The second-order valence-electron chi connectivity index (χ2n) is 12.6. The predicted molar refractivity (Wildman–Crippen MR) is 163 cm³/mol. The zero-order valence-electron chi connectivity index (χ0n) is 24.8. The number of likely N-dealkylation sites (tertiary alicyclic amines) is 1. The Morgan fingerprint density at radius 3 is 2.24 bits per heavy atom. The Kier molecular flexibility index (Phi) is 11.5. The number of alkyl halides is 2. The molecule has 3 fully saturated rings. The van der Waals surface area contributed by atoms with Crippen LogP contribution in [0.3, 0.4) is 0 Å². The van der Waals surface area contributed by atoms with E-state index in [1.54, 1.807) is 12.2 Å². The van der Waals surface area contributed by atoms with Crippen molar-refractivity contribution in [1.29, 1.82) is 0 Å². The van der Waals surface area contributed by atoms with Crippen LogP contribution in [0, 0.1) is 17.8 Å². The molecule has 10 nitrogen and oxygen atoms in total. The molecule has 3 aliphatic rings. The predicted octanol–water partition coefficient (Wildman–Crippen LogP) is 3.38. The van der Waals surface area contributed by atoms with Gasteiger partial charge in [-0.3, -0.25) is 19.2 Å². The molecule has 0 spiro atoms. The number of halogens is 2. The fraction of sp³-hybridized carbons (Fsp3) is 0.700. The van der Waals surface area contributed by atoms with Gasteiger partial charge >= 0.3 is 6.03 Å². The summed E-state index contributed by atoms with van der Waals surface area (Å²) in [6.45, 7) is 13.2. The van der Waals surface area contributed by atoms with Crippen LogP contribution in [-0.4, -0.2) is 75.5 Å². The average molecular weight is 627 g/mol. The van der Waals surface area contributed by atoms with E-state index in [0.717, 1.165) is 32.1 Å². The largest absolute Gasteiger partial charge is 0.349 e. The number of hydrogen-bond donors (Lipinski definition) is 4. The van der Waals surface area contributed by atoms with E-state index in [9.17, 15) is 24.0 Å². The molecule has 0 bridgehead atoms. The van der Waals surface area contributed by atoms with Gasteiger partial charge in [0.15, 0.2) is 0 Å². The van der Waals surface area contributed by atoms with Crippen LogP contribution in [0.5, 0.6) is 0 Å². The second-order valence-corrected chi connectivity index (χ2v) is 14.0. The van der Waals surface area contributed by atoms with Crippen molar-refractivity contribution in [2.45, 2.75) is 100 Å². The first-order valence-electron chi connectivity index (χ1n) is 14.8. The van der Waals surface area contributed by atoms with E-state index in [4.69, 9.17) is 23.2 Å². The summed E-state index contributed by atoms with van der Waals surface area (Å²) in [6.07, 6.45) is 8.74. The molecule has 42 heavy (non-hydrogen) atoms. The third-order valence-electron chi connectivity index (χ3n) is 8.20. The van der Waals surface area contributed by atoms with Crippen molar-refractivity contribution in [2.24, 2.45) is 17.8 Å². The standard InChI is InChI=1S/C30H45Cl2N5O5/c1-6-8-15-20(24(38)26(40)33-16-9-7-2)34-25(39)23-21-19(30(21,31)32)17-37(23)27(41)22(18-13-11-10-12-14-18)35-28(42)36-29(3,4)5/h6-7,18-23H,1-2,8-17H2,3-5H3,(H,33,40)(H,34,39)(H2,35,36,42)/t19-,20-,21-,22-,23-/m0/s1. The molecule has 1 saturated heterocycles. The van der Waals surface area contributed by atoms with Crippen LogP contribution in [0.1, 0.15) is 72.1 Å². The average Bonchev–Trinajstić information content (AvgIpc) is 3.24. The first-order valence-corrected chi connectivity index (χ1v) is 15.6. The SMILES string of the molecule is C=CCCNC(=O)C(=O)[C@H](CCC=C)NC(=O)[C@@H]1[C@@H]2[C@H](CN1C(=O)[C@@H](NC(=O)NC(C)(C)C)C1CCCCC1)C2(Cl)Cl. The summed E-state index contributed by atoms with van der Waals surface area (Å²) in [4.78, 5) is 67.8.